The van der Waals surface area contributed by atoms with Crippen LogP contribution in [0.1, 0.15) is 73.1 Å². The Morgan fingerprint density at radius 1 is 0.633 bits per heavy atom. The van der Waals surface area contributed by atoms with Crippen molar-refractivity contribution in [1.82, 2.24) is 0 Å². The Balaban J connectivity index is 2.75. The summed E-state index contributed by atoms with van der Waals surface area (Å²) >= 11 is 0. The third-order valence-electron chi connectivity index (χ3n) is 10.9. The van der Waals surface area contributed by atoms with Gasteiger partial charge in [0.25, 0.3) is 16.8 Å². The summed E-state index contributed by atoms with van der Waals surface area (Å²) in [6.45, 7) is 3.70. The smallest absolute Gasteiger partial charge is 0.374 e. The van der Waals surface area contributed by atoms with Gasteiger partial charge in [0, 0.05) is 5.92 Å². The SMILES string of the molecule is CC1C2CC(CC(OC(C)(C)C(CCC(O)(C(F)(F)F)C(F)(F)F)CC(C)C(O)(C(F)(F)F)C(F)(F)F)(C(F)(F)F)C(F)(F)F)C(C2)C1C. The lowest BCUT2D eigenvalue weighted by Gasteiger charge is -2.49. The highest BCUT2D eigenvalue weighted by atomic mass is 19.4. The van der Waals surface area contributed by atoms with Crippen molar-refractivity contribution in [3.8, 4) is 0 Å². The molecule has 0 amide bonds. The zero-order valence-electron chi connectivity index (χ0n) is 26.4. The number of alkyl halides is 18. The number of rotatable bonds is 11. The van der Waals surface area contributed by atoms with Crippen molar-refractivity contribution >= 4 is 0 Å². The van der Waals surface area contributed by atoms with E-state index in [1.165, 1.54) is 0 Å². The average molecular weight is 763 g/mol. The van der Waals surface area contributed by atoms with Crippen LogP contribution in [0.2, 0.25) is 0 Å². The lowest BCUT2D eigenvalue weighted by Crippen LogP contribution is -2.65. The summed E-state index contributed by atoms with van der Waals surface area (Å²) in [4.78, 5) is 0. The lowest BCUT2D eigenvalue weighted by atomic mass is 9.70. The minimum Gasteiger partial charge on any atom is -0.374 e. The first-order chi connectivity index (χ1) is 21.3. The van der Waals surface area contributed by atoms with E-state index >= 15 is 0 Å². The van der Waals surface area contributed by atoms with Gasteiger partial charge in [-0.05, 0) is 87.9 Å². The Morgan fingerprint density at radius 2 is 1.06 bits per heavy atom. The second-order valence-corrected chi connectivity index (χ2v) is 14.1. The van der Waals surface area contributed by atoms with Crippen molar-refractivity contribution in [2.75, 3.05) is 0 Å². The second-order valence-electron chi connectivity index (χ2n) is 14.1. The Kier molecular flexibility index (Phi) is 11.6. The molecule has 0 spiro atoms. The van der Waals surface area contributed by atoms with E-state index in [1.54, 1.807) is 13.8 Å². The fourth-order valence-corrected chi connectivity index (χ4v) is 7.67. The van der Waals surface area contributed by atoms with Crippen LogP contribution in [0.4, 0.5) is 79.0 Å². The second kappa shape index (κ2) is 12.9. The van der Waals surface area contributed by atoms with Gasteiger partial charge in [0.05, 0.1) is 5.60 Å². The molecule has 2 saturated carbocycles. The van der Waals surface area contributed by atoms with Gasteiger partial charge in [-0.25, -0.2) is 0 Å². The molecule has 21 heteroatoms. The molecule has 2 rings (SSSR count). The van der Waals surface area contributed by atoms with Crippen LogP contribution in [0.3, 0.4) is 0 Å². The van der Waals surface area contributed by atoms with Gasteiger partial charge < -0.3 is 14.9 Å². The Bertz CT molecular complexity index is 1090. The number of hydrogen-bond donors (Lipinski definition) is 2. The predicted octanol–water partition coefficient (Wildman–Crippen LogP) is 10.1. The third kappa shape index (κ3) is 7.72. The molecule has 2 aliphatic rings. The number of halogens is 18. The van der Waals surface area contributed by atoms with Crippen LogP contribution in [-0.4, -0.2) is 69.7 Å². The molecule has 0 aromatic heterocycles. The molecule has 2 N–H and O–H groups in total. The fourth-order valence-electron chi connectivity index (χ4n) is 7.67. The molecule has 2 aliphatic carbocycles. The molecule has 0 radical (unpaired) electrons. The first-order valence-corrected chi connectivity index (χ1v) is 14.9. The summed E-state index contributed by atoms with van der Waals surface area (Å²) in [6, 6.07) is 0. The summed E-state index contributed by atoms with van der Waals surface area (Å²) in [5.74, 6) is -9.09. The molecule has 49 heavy (non-hydrogen) atoms. The Labute approximate surface area is 268 Å². The number of ether oxygens (including phenoxy) is 1. The highest BCUT2D eigenvalue weighted by molar-refractivity contribution is 5.07. The summed E-state index contributed by atoms with van der Waals surface area (Å²) in [6.07, 6.45) is -48.1. The molecule has 0 saturated heterocycles. The molecule has 7 unspecified atom stereocenters. The van der Waals surface area contributed by atoms with Crippen LogP contribution >= 0.6 is 0 Å². The fraction of sp³-hybridized carbons (Fsp3) is 1.00. The van der Waals surface area contributed by atoms with Crippen molar-refractivity contribution < 1.29 is 94.0 Å². The quantitative estimate of drug-likeness (QED) is 0.206. The molecule has 0 aliphatic heterocycles. The molecular weight excluding hydrogens is 726 g/mol. The minimum atomic E-state index is -6.66. The van der Waals surface area contributed by atoms with Crippen molar-refractivity contribution in [2.24, 2.45) is 41.4 Å². The molecule has 0 heterocycles. The number of fused-ring (bicyclic) bond motifs is 2. The van der Waals surface area contributed by atoms with Gasteiger partial charge in [0.15, 0.2) is 0 Å². The van der Waals surface area contributed by atoms with Crippen LogP contribution in [0.5, 0.6) is 0 Å². The van der Waals surface area contributed by atoms with Crippen LogP contribution in [0.25, 0.3) is 0 Å². The van der Waals surface area contributed by atoms with Crippen molar-refractivity contribution in [3.63, 3.8) is 0 Å². The van der Waals surface area contributed by atoms with E-state index in [1.807, 2.05) is 0 Å². The zero-order chi connectivity index (χ0) is 39.0. The van der Waals surface area contributed by atoms with Gasteiger partial charge in [-0.15, -0.1) is 0 Å². The van der Waals surface area contributed by atoms with E-state index in [4.69, 9.17) is 0 Å². The third-order valence-corrected chi connectivity index (χ3v) is 10.9. The zero-order valence-corrected chi connectivity index (χ0v) is 26.4. The van der Waals surface area contributed by atoms with Gasteiger partial charge >= 0.3 is 37.1 Å². The van der Waals surface area contributed by atoms with Gasteiger partial charge in [0.2, 0.25) is 0 Å². The predicted molar refractivity (Wildman–Crippen MR) is 133 cm³/mol. The van der Waals surface area contributed by atoms with Crippen molar-refractivity contribution in [1.29, 1.82) is 0 Å². The van der Waals surface area contributed by atoms with Crippen LogP contribution < -0.4 is 0 Å². The molecule has 3 nitrogen and oxygen atoms in total. The molecule has 7 atom stereocenters. The molecule has 2 fully saturated rings. The highest BCUT2D eigenvalue weighted by Crippen LogP contribution is 2.61. The normalized spacial score (nSPS) is 26.8. The first-order valence-electron chi connectivity index (χ1n) is 14.9. The van der Waals surface area contributed by atoms with E-state index in [2.05, 4.69) is 4.74 Å². The van der Waals surface area contributed by atoms with Gasteiger partial charge in [0.1, 0.15) is 0 Å². The minimum absolute atomic E-state index is 0.0532. The van der Waals surface area contributed by atoms with Crippen molar-refractivity contribution in [2.45, 2.75) is 133 Å². The van der Waals surface area contributed by atoms with Crippen LogP contribution in [0, 0.1) is 41.4 Å². The van der Waals surface area contributed by atoms with Crippen LogP contribution in [-0.2, 0) is 4.74 Å². The van der Waals surface area contributed by atoms with E-state index in [0.29, 0.717) is 0 Å². The maximum atomic E-state index is 14.7. The molecule has 2 bridgehead atoms. The van der Waals surface area contributed by atoms with E-state index in [-0.39, 0.29) is 51.4 Å². The standard InChI is InChI=1S/C28H36F18O3/c1-12(22(48,27(41,42)43)28(44,45)46)8-17(6-7-20(47,23(29,30)31)24(32,33)34)19(4,5)49-21(25(35,36)37,26(38,39)40)11-16-9-15-10-18(16)14(3)13(15)2/h12-18,47-48H,6-11H2,1-5H3. The summed E-state index contributed by atoms with van der Waals surface area (Å²) in [7, 11) is 0. The van der Waals surface area contributed by atoms with E-state index < -0.39 is 109 Å². The number of hydrogen-bond acceptors (Lipinski definition) is 3. The largest absolute Gasteiger partial charge is 0.426 e. The Morgan fingerprint density at radius 3 is 1.39 bits per heavy atom. The average Bonchev–Trinajstić information content (AvgIpc) is 3.39. The van der Waals surface area contributed by atoms with Crippen molar-refractivity contribution in [3.05, 3.63) is 0 Å². The number of aliphatic hydroxyl groups is 2. The molecular formula is C28H36F18O3. The highest BCUT2D eigenvalue weighted by Gasteiger charge is 2.76. The summed E-state index contributed by atoms with van der Waals surface area (Å²) < 4.78 is 255. The van der Waals surface area contributed by atoms with E-state index in [9.17, 15) is 89.2 Å². The summed E-state index contributed by atoms with van der Waals surface area (Å²) in [5.41, 5.74) is -20.2. The van der Waals surface area contributed by atoms with Crippen LogP contribution in [0.15, 0.2) is 0 Å². The van der Waals surface area contributed by atoms with Gasteiger partial charge in [-0.3, -0.25) is 0 Å². The topological polar surface area (TPSA) is 49.7 Å². The van der Waals surface area contributed by atoms with E-state index in [0.717, 1.165) is 0 Å². The van der Waals surface area contributed by atoms with Gasteiger partial charge in [-0.1, -0.05) is 20.8 Å². The monoisotopic (exact) mass is 762 g/mol. The van der Waals surface area contributed by atoms with Gasteiger partial charge in [-0.2, -0.15) is 79.0 Å². The lowest BCUT2D eigenvalue weighted by molar-refractivity contribution is -0.412. The first kappa shape index (κ1) is 43.8. The molecule has 292 valence electrons. The maximum absolute atomic E-state index is 14.7. The molecule has 0 aromatic carbocycles. The molecule has 0 aromatic rings. The Hall–Kier alpha value is -1.38. The maximum Gasteiger partial charge on any atom is 0.426 e. The summed E-state index contributed by atoms with van der Waals surface area (Å²) in [5, 5.41) is 19.4.